The summed E-state index contributed by atoms with van der Waals surface area (Å²) < 4.78 is 19.5. The van der Waals surface area contributed by atoms with E-state index in [9.17, 15) is 14.0 Å². The molecule has 0 radical (unpaired) electrons. The van der Waals surface area contributed by atoms with Gasteiger partial charge in [0, 0.05) is 19.1 Å². The lowest BCUT2D eigenvalue weighted by Crippen LogP contribution is -2.47. The van der Waals surface area contributed by atoms with Crippen LogP contribution in [0, 0.1) is 19.7 Å². The molecule has 0 spiro atoms. The van der Waals surface area contributed by atoms with Crippen molar-refractivity contribution in [3.8, 4) is 5.75 Å². The number of hydrogen-bond donors (Lipinski definition) is 1. The van der Waals surface area contributed by atoms with Crippen LogP contribution < -0.4 is 10.1 Å². The Morgan fingerprint density at radius 1 is 1.17 bits per heavy atom. The SMILES string of the molecule is Cc1ccc(OCC(=O)N2CCC(NC(=O)c3c(F)cccc3Cl)CC2)cc1C. The van der Waals surface area contributed by atoms with E-state index in [1.165, 1.54) is 23.8 Å². The zero-order chi connectivity index (χ0) is 21.0. The highest BCUT2D eigenvalue weighted by Crippen LogP contribution is 2.20. The van der Waals surface area contributed by atoms with Gasteiger partial charge in [-0.05, 0) is 62.1 Å². The Bertz CT molecular complexity index is 891. The summed E-state index contributed by atoms with van der Waals surface area (Å²) in [5.41, 5.74) is 2.14. The molecule has 0 aliphatic carbocycles. The molecule has 1 aliphatic rings. The number of amides is 2. The molecule has 5 nitrogen and oxygen atoms in total. The van der Waals surface area contributed by atoms with Crippen LogP contribution in [0.3, 0.4) is 0 Å². The van der Waals surface area contributed by atoms with Crippen LogP contribution in [0.5, 0.6) is 5.75 Å². The van der Waals surface area contributed by atoms with Crippen LogP contribution in [0.15, 0.2) is 36.4 Å². The van der Waals surface area contributed by atoms with Crippen molar-refractivity contribution >= 4 is 23.4 Å². The van der Waals surface area contributed by atoms with E-state index in [0.717, 1.165) is 5.56 Å². The van der Waals surface area contributed by atoms with Crippen molar-refractivity contribution in [2.24, 2.45) is 0 Å². The van der Waals surface area contributed by atoms with Crippen LogP contribution in [0.2, 0.25) is 5.02 Å². The molecular formula is C22H24ClFN2O3. The third-order valence-corrected chi connectivity index (χ3v) is 5.53. The maximum Gasteiger partial charge on any atom is 0.260 e. The summed E-state index contributed by atoms with van der Waals surface area (Å²) in [6.45, 7) is 5.01. The van der Waals surface area contributed by atoms with Crippen molar-refractivity contribution in [3.63, 3.8) is 0 Å². The molecule has 29 heavy (non-hydrogen) atoms. The summed E-state index contributed by atoms with van der Waals surface area (Å²) in [6.07, 6.45) is 1.18. The van der Waals surface area contributed by atoms with Crippen molar-refractivity contribution < 1.29 is 18.7 Å². The second kappa shape index (κ2) is 9.27. The third kappa shape index (κ3) is 5.26. The lowest BCUT2D eigenvalue weighted by Gasteiger charge is -2.32. The van der Waals surface area contributed by atoms with E-state index in [-0.39, 0.29) is 29.1 Å². The molecule has 1 heterocycles. The summed E-state index contributed by atoms with van der Waals surface area (Å²) in [6, 6.07) is 9.74. The zero-order valence-electron chi connectivity index (χ0n) is 16.5. The molecule has 3 rings (SSSR count). The molecule has 0 bridgehead atoms. The number of likely N-dealkylation sites (tertiary alicyclic amines) is 1. The zero-order valence-corrected chi connectivity index (χ0v) is 17.3. The number of piperidine rings is 1. The van der Waals surface area contributed by atoms with Gasteiger partial charge in [-0.25, -0.2) is 4.39 Å². The molecule has 0 atom stereocenters. The molecule has 154 valence electrons. The minimum absolute atomic E-state index is 0.0235. The predicted octanol–water partition coefficient (Wildman–Crippen LogP) is 3.90. The summed E-state index contributed by atoms with van der Waals surface area (Å²) in [4.78, 5) is 26.5. The van der Waals surface area contributed by atoms with Gasteiger partial charge in [0.15, 0.2) is 6.61 Å². The first kappa shape index (κ1) is 21.1. The number of halogens is 2. The molecule has 2 amide bonds. The summed E-state index contributed by atoms with van der Waals surface area (Å²) >= 11 is 5.94. The summed E-state index contributed by atoms with van der Waals surface area (Å²) in [5, 5.41) is 2.90. The van der Waals surface area contributed by atoms with Crippen molar-refractivity contribution in [2.75, 3.05) is 19.7 Å². The van der Waals surface area contributed by atoms with Crippen LogP contribution in [0.1, 0.15) is 34.3 Å². The van der Waals surface area contributed by atoms with Gasteiger partial charge in [0.25, 0.3) is 11.8 Å². The number of carbonyl (C=O) groups excluding carboxylic acids is 2. The number of hydrogen-bond acceptors (Lipinski definition) is 3. The van der Waals surface area contributed by atoms with Gasteiger partial charge in [0.1, 0.15) is 11.6 Å². The topological polar surface area (TPSA) is 58.6 Å². The van der Waals surface area contributed by atoms with Gasteiger partial charge in [-0.1, -0.05) is 23.7 Å². The Kier molecular flexibility index (Phi) is 6.75. The number of benzene rings is 2. The summed E-state index contributed by atoms with van der Waals surface area (Å²) in [5.74, 6) is -0.599. The number of ether oxygens (including phenoxy) is 1. The number of rotatable bonds is 5. The maximum atomic E-state index is 13.9. The third-order valence-electron chi connectivity index (χ3n) is 5.21. The molecule has 7 heteroatoms. The van der Waals surface area contributed by atoms with Crippen LogP contribution in [0.4, 0.5) is 4.39 Å². The molecule has 1 N–H and O–H groups in total. The minimum Gasteiger partial charge on any atom is -0.484 e. The van der Waals surface area contributed by atoms with Crippen LogP contribution >= 0.6 is 11.6 Å². The monoisotopic (exact) mass is 418 g/mol. The van der Waals surface area contributed by atoms with Crippen molar-refractivity contribution in [2.45, 2.75) is 32.7 Å². The quantitative estimate of drug-likeness (QED) is 0.801. The van der Waals surface area contributed by atoms with Gasteiger partial charge < -0.3 is 15.0 Å². The largest absolute Gasteiger partial charge is 0.484 e. The average molecular weight is 419 g/mol. The minimum atomic E-state index is -0.647. The van der Waals surface area contributed by atoms with E-state index >= 15 is 0 Å². The standard InChI is InChI=1S/C22H24ClFN2O3/c1-14-6-7-17(12-15(14)2)29-13-20(27)26-10-8-16(9-11-26)25-22(28)21-18(23)4-3-5-19(21)24/h3-7,12,16H,8-11,13H2,1-2H3,(H,25,28). The van der Waals surface area contributed by atoms with Gasteiger partial charge in [-0.2, -0.15) is 0 Å². The van der Waals surface area contributed by atoms with E-state index in [4.69, 9.17) is 16.3 Å². The first-order chi connectivity index (χ1) is 13.8. The second-order valence-electron chi connectivity index (χ2n) is 7.26. The highest BCUT2D eigenvalue weighted by Gasteiger charge is 2.26. The van der Waals surface area contributed by atoms with E-state index in [1.54, 1.807) is 4.90 Å². The molecule has 1 fully saturated rings. The molecule has 1 saturated heterocycles. The highest BCUT2D eigenvalue weighted by atomic mass is 35.5. The Morgan fingerprint density at radius 2 is 1.90 bits per heavy atom. The highest BCUT2D eigenvalue weighted by molar-refractivity contribution is 6.33. The Balaban J connectivity index is 1.47. The van der Waals surface area contributed by atoms with Crippen molar-refractivity contribution in [1.29, 1.82) is 0 Å². The number of nitrogens with zero attached hydrogens (tertiary/aromatic N) is 1. The first-order valence-electron chi connectivity index (χ1n) is 9.58. The molecule has 2 aromatic carbocycles. The van der Waals surface area contributed by atoms with E-state index in [0.29, 0.717) is 31.7 Å². The number of nitrogens with one attached hydrogen (secondary N) is 1. The lowest BCUT2D eigenvalue weighted by molar-refractivity contribution is -0.134. The molecule has 0 aromatic heterocycles. The van der Waals surface area contributed by atoms with Crippen LogP contribution in [-0.2, 0) is 4.79 Å². The van der Waals surface area contributed by atoms with Crippen molar-refractivity contribution in [3.05, 3.63) is 63.9 Å². The molecule has 0 unspecified atom stereocenters. The molecular weight excluding hydrogens is 395 g/mol. The molecule has 1 aliphatic heterocycles. The van der Waals surface area contributed by atoms with Gasteiger partial charge in [0.05, 0.1) is 10.6 Å². The maximum absolute atomic E-state index is 13.9. The van der Waals surface area contributed by atoms with Gasteiger partial charge in [0.2, 0.25) is 0 Å². The Morgan fingerprint density at radius 3 is 2.55 bits per heavy atom. The first-order valence-corrected chi connectivity index (χ1v) is 9.95. The second-order valence-corrected chi connectivity index (χ2v) is 7.67. The fourth-order valence-electron chi connectivity index (χ4n) is 3.29. The van der Waals surface area contributed by atoms with Crippen LogP contribution in [-0.4, -0.2) is 42.5 Å². The fraction of sp³-hybridized carbons (Fsp3) is 0.364. The van der Waals surface area contributed by atoms with Crippen molar-refractivity contribution in [1.82, 2.24) is 10.2 Å². The van der Waals surface area contributed by atoms with Crippen LogP contribution in [0.25, 0.3) is 0 Å². The van der Waals surface area contributed by atoms with E-state index in [1.807, 2.05) is 32.0 Å². The Labute approximate surface area is 174 Å². The van der Waals surface area contributed by atoms with Gasteiger partial charge in [-0.15, -0.1) is 0 Å². The van der Waals surface area contributed by atoms with E-state index in [2.05, 4.69) is 5.32 Å². The fourth-order valence-corrected chi connectivity index (χ4v) is 3.53. The molecule has 0 saturated carbocycles. The summed E-state index contributed by atoms with van der Waals surface area (Å²) in [7, 11) is 0. The molecule has 2 aromatic rings. The average Bonchev–Trinajstić information content (AvgIpc) is 2.69. The van der Waals surface area contributed by atoms with Gasteiger partial charge in [-0.3, -0.25) is 9.59 Å². The normalized spacial score (nSPS) is 14.6. The number of carbonyl (C=O) groups is 2. The van der Waals surface area contributed by atoms with E-state index < -0.39 is 11.7 Å². The lowest BCUT2D eigenvalue weighted by atomic mass is 10.0. The number of aryl methyl sites for hydroxylation is 2. The smallest absolute Gasteiger partial charge is 0.260 e. The predicted molar refractivity (Wildman–Crippen MR) is 110 cm³/mol. The van der Waals surface area contributed by atoms with Gasteiger partial charge >= 0.3 is 0 Å². The Hall–Kier alpha value is -2.60.